The molecule has 4 nitrogen and oxygen atoms in total. The van der Waals surface area contributed by atoms with Crippen molar-refractivity contribution in [2.45, 2.75) is 5.75 Å². The standard InChI is InChI=1S/C17H15N3OS/c18-17(22-12-13-4-2-1-3-5-13)20-19-11-14-6-7-15-8-9-21-16(15)10-14/h1-11H,12H2,(H2,18,20). The molecule has 0 aliphatic heterocycles. The van der Waals surface area contributed by atoms with Crippen molar-refractivity contribution < 1.29 is 4.42 Å². The van der Waals surface area contributed by atoms with Crippen LogP contribution in [0.4, 0.5) is 0 Å². The van der Waals surface area contributed by atoms with Crippen molar-refractivity contribution in [3.05, 3.63) is 72.0 Å². The zero-order valence-corrected chi connectivity index (χ0v) is 12.7. The Morgan fingerprint density at radius 1 is 1.14 bits per heavy atom. The van der Waals surface area contributed by atoms with E-state index in [1.807, 2.05) is 42.5 Å². The van der Waals surface area contributed by atoms with Gasteiger partial charge in [-0.3, -0.25) is 0 Å². The van der Waals surface area contributed by atoms with Gasteiger partial charge in [0, 0.05) is 11.1 Å². The zero-order chi connectivity index (χ0) is 15.2. The van der Waals surface area contributed by atoms with Gasteiger partial charge in [0.2, 0.25) is 0 Å². The molecule has 3 rings (SSSR count). The second kappa shape index (κ2) is 6.95. The smallest absolute Gasteiger partial charge is 0.180 e. The molecule has 0 atom stereocenters. The maximum absolute atomic E-state index is 5.84. The van der Waals surface area contributed by atoms with Crippen molar-refractivity contribution in [1.29, 1.82) is 0 Å². The molecule has 1 heterocycles. The Balaban J connectivity index is 1.59. The fourth-order valence-electron chi connectivity index (χ4n) is 1.96. The molecule has 5 heteroatoms. The fourth-order valence-corrected chi connectivity index (χ4v) is 2.58. The van der Waals surface area contributed by atoms with Crippen LogP contribution in [0.15, 0.2) is 75.5 Å². The van der Waals surface area contributed by atoms with Gasteiger partial charge in [-0.1, -0.05) is 54.2 Å². The maximum atomic E-state index is 5.84. The Labute approximate surface area is 132 Å². The first kappa shape index (κ1) is 14.4. The van der Waals surface area contributed by atoms with Gasteiger partial charge in [-0.2, -0.15) is 5.10 Å². The monoisotopic (exact) mass is 309 g/mol. The lowest BCUT2D eigenvalue weighted by atomic mass is 10.2. The molecular formula is C17H15N3OS. The molecule has 2 N–H and O–H groups in total. The van der Waals surface area contributed by atoms with Crippen molar-refractivity contribution in [2.75, 3.05) is 0 Å². The summed E-state index contributed by atoms with van der Waals surface area (Å²) in [6, 6.07) is 17.9. The van der Waals surface area contributed by atoms with Gasteiger partial charge in [-0.05, 0) is 23.3 Å². The Hall–Kier alpha value is -2.53. The highest BCUT2D eigenvalue weighted by Crippen LogP contribution is 2.16. The number of hydrogen-bond acceptors (Lipinski definition) is 4. The van der Waals surface area contributed by atoms with E-state index in [4.69, 9.17) is 10.2 Å². The molecule has 0 bridgehead atoms. The third-order valence-corrected chi connectivity index (χ3v) is 3.93. The SMILES string of the molecule is NC(=NN=Cc1ccc2ccoc2c1)SCc1ccccc1. The van der Waals surface area contributed by atoms with Crippen molar-refractivity contribution in [3.63, 3.8) is 0 Å². The first-order chi connectivity index (χ1) is 10.8. The fraction of sp³-hybridized carbons (Fsp3) is 0.0588. The minimum atomic E-state index is 0.444. The number of nitrogens with zero attached hydrogens (tertiary/aromatic N) is 2. The van der Waals surface area contributed by atoms with Crippen LogP contribution in [0.3, 0.4) is 0 Å². The van der Waals surface area contributed by atoms with E-state index >= 15 is 0 Å². The number of amidine groups is 1. The van der Waals surface area contributed by atoms with Gasteiger partial charge < -0.3 is 10.2 Å². The minimum absolute atomic E-state index is 0.444. The summed E-state index contributed by atoms with van der Waals surface area (Å²) in [7, 11) is 0. The van der Waals surface area contributed by atoms with Crippen molar-refractivity contribution >= 4 is 34.1 Å². The Morgan fingerprint density at radius 2 is 2.00 bits per heavy atom. The maximum Gasteiger partial charge on any atom is 0.180 e. The van der Waals surface area contributed by atoms with Gasteiger partial charge in [0.05, 0.1) is 12.5 Å². The summed E-state index contributed by atoms with van der Waals surface area (Å²) in [4.78, 5) is 0. The van der Waals surface area contributed by atoms with Crippen LogP contribution in [0.25, 0.3) is 11.0 Å². The highest BCUT2D eigenvalue weighted by atomic mass is 32.2. The molecule has 0 spiro atoms. The summed E-state index contributed by atoms with van der Waals surface area (Å²) >= 11 is 1.46. The second-order valence-corrected chi connectivity index (χ2v) is 5.67. The molecule has 110 valence electrons. The van der Waals surface area contributed by atoms with Gasteiger partial charge >= 0.3 is 0 Å². The van der Waals surface area contributed by atoms with Crippen LogP contribution in [-0.2, 0) is 5.75 Å². The molecule has 0 radical (unpaired) electrons. The quantitative estimate of drug-likeness (QED) is 0.450. The summed E-state index contributed by atoms with van der Waals surface area (Å²) < 4.78 is 5.35. The molecule has 0 aliphatic rings. The summed E-state index contributed by atoms with van der Waals surface area (Å²) in [5.74, 6) is 0.782. The summed E-state index contributed by atoms with van der Waals surface area (Å²) in [6.07, 6.45) is 3.33. The Morgan fingerprint density at radius 3 is 2.86 bits per heavy atom. The third-order valence-electron chi connectivity index (χ3n) is 3.07. The van der Waals surface area contributed by atoms with Crippen LogP contribution in [0, 0.1) is 0 Å². The van der Waals surface area contributed by atoms with Gasteiger partial charge in [0.1, 0.15) is 5.58 Å². The number of rotatable bonds is 4. The first-order valence-corrected chi connectivity index (χ1v) is 7.80. The average Bonchev–Trinajstić information content (AvgIpc) is 3.02. The second-order valence-electron chi connectivity index (χ2n) is 4.67. The summed E-state index contributed by atoms with van der Waals surface area (Å²) in [5.41, 5.74) is 8.80. The van der Waals surface area contributed by atoms with Crippen LogP contribution in [0.5, 0.6) is 0 Å². The molecule has 0 saturated carbocycles. The van der Waals surface area contributed by atoms with E-state index < -0.39 is 0 Å². The molecule has 0 saturated heterocycles. The van der Waals surface area contributed by atoms with E-state index in [0.717, 1.165) is 22.3 Å². The Kier molecular flexibility index (Phi) is 4.56. The number of hydrogen-bond donors (Lipinski definition) is 1. The van der Waals surface area contributed by atoms with Crippen LogP contribution >= 0.6 is 11.8 Å². The lowest BCUT2D eigenvalue weighted by Gasteiger charge is -1.99. The molecular weight excluding hydrogens is 294 g/mol. The lowest BCUT2D eigenvalue weighted by molar-refractivity contribution is 0.616. The van der Waals surface area contributed by atoms with Crippen LogP contribution in [0.2, 0.25) is 0 Å². The van der Waals surface area contributed by atoms with E-state index in [9.17, 15) is 0 Å². The predicted octanol–water partition coefficient (Wildman–Crippen LogP) is 4.01. The van der Waals surface area contributed by atoms with Gasteiger partial charge in [0.15, 0.2) is 5.17 Å². The first-order valence-electron chi connectivity index (χ1n) is 6.82. The molecule has 2 aromatic carbocycles. The Bertz CT molecular complexity index is 809. The highest BCUT2D eigenvalue weighted by Gasteiger charge is 1.98. The van der Waals surface area contributed by atoms with E-state index in [2.05, 4.69) is 22.3 Å². The summed E-state index contributed by atoms with van der Waals surface area (Å²) in [5, 5.41) is 9.53. The van der Waals surface area contributed by atoms with E-state index in [-0.39, 0.29) is 0 Å². The number of fused-ring (bicyclic) bond motifs is 1. The predicted molar refractivity (Wildman–Crippen MR) is 93.2 cm³/mol. The van der Waals surface area contributed by atoms with Crippen molar-refractivity contribution in [3.8, 4) is 0 Å². The zero-order valence-electron chi connectivity index (χ0n) is 11.8. The molecule has 22 heavy (non-hydrogen) atoms. The molecule has 0 amide bonds. The molecule has 0 unspecified atom stereocenters. The van der Waals surface area contributed by atoms with Crippen molar-refractivity contribution in [1.82, 2.24) is 0 Å². The van der Waals surface area contributed by atoms with Gasteiger partial charge in [-0.25, -0.2) is 0 Å². The molecule has 3 aromatic rings. The van der Waals surface area contributed by atoms with E-state index in [0.29, 0.717) is 5.17 Å². The lowest BCUT2D eigenvalue weighted by Crippen LogP contribution is -2.05. The van der Waals surface area contributed by atoms with Crippen LogP contribution in [-0.4, -0.2) is 11.4 Å². The van der Waals surface area contributed by atoms with Crippen LogP contribution in [0.1, 0.15) is 11.1 Å². The number of nitrogens with two attached hydrogens (primary N) is 1. The minimum Gasteiger partial charge on any atom is -0.464 e. The van der Waals surface area contributed by atoms with Gasteiger partial charge in [-0.15, -0.1) is 5.10 Å². The van der Waals surface area contributed by atoms with E-state index in [1.165, 1.54) is 17.3 Å². The number of thioether (sulfide) groups is 1. The van der Waals surface area contributed by atoms with Crippen molar-refractivity contribution in [2.24, 2.45) is 15.9 Å². The number of benzene rings is 2. The number of furan rings is 1. The molecule has 0 fully saturated rings. The summed E-state index contributed by atoms with van der Waals surface area (Å²) in [6.45, 7) is 0. The normalized spacial score (nSPS) is 12.3. The van der Waals surface area contributed by atoms with Crippen LogP contribution < -0.4 is 5.73 Å². The molecule has 0 aliphatic carbocycles. The topological polar surface area (TPSA) is 63.9 Å². The molecule has 1 aromatic heterocycles. The highest BCUT2D eigenvalue weighted by molar-refractivity contribution is 8.13. The van der Waals surface area contributed by atoms with E-state index in [1.54, 1.807) is 12.5 Å². The third kappa shape index (κ3) is 3.77. The largest absolute Gasteiger partial charge is 0.464 e. The van der Waals surface area contributed by atoms with Gasteiger partial charge in [0.25, 0.3) is 0 Å². The average molecular weight is 309 g/mol.